The van der Waals surface area contributed by atoms with Crippen LogP contribution in [0.2, 0.25) is 0 Å². The van der Waals surface area contributed by atoms with Crippen LogP contribution in [0, 0.1) is 17.8 Å². The molecule has 0 unspecified atom stereocenters. The lowest BCUT2D eigenvalue weighted by Gasteiger charge is -2.39. The molecule has 0 saturated carbocycles. The van der Waals surface area contributed by atoms with E-state index in [4.69, 9.17) is 14.2 Å². The number of ether oxygens (including phenoxy) is 3. The number of amides is 3. The van der Waals surface area contributed by atoms with Crippen molar-refractivity contribution in [2.24, 2.45) is 17.8 Å². The minimum Gasteiger partial charge on any atom is -0.455 e. The van der Waals surface area contributed by atoms with Crippen LogP contribution in [0.25, 0.3) is 0 Å². The van der Waals surface area contributed by atoms with Gasteiger partial charge in [-0.3, -0.25) is 19.2 Å². The Hall–Kier alpha value is -4.52. The van der Waals surface area contributed by atoms with Crippen molar-refractivity contribution in [1.82, 2.24) is 10.2 Å². The van der Waals surface area contributed by atoms with E-state index in [1.165, 1.54) is 12.0 Å². The standard InChI is InChI=1S/C44H60N4O8/c1-8-12-18-36(50)45-34(28-54-7)39(30-16-14-13-15-17-30)55-43(53)37-35-23-24-44(56-35)38(37)41(51)48(33(27-49)26-29(5)6)40(44)42(52)47(25-9-2)32-21-19-31(20-22-32)46(10-3)11-4/h8-9,13-17,19-22,29,33-35,37-40,49H,1-2,10-12,18,23-28H2,3-7H3,(H,45,50)/t33-,34+,35-,37+,38+,39+,40-,44+/m1/s1. The van der Waals surface area contributed by atoms with Crippen LogP contribution in [0.5, 0.6) is 0 Å². The quantitative estimate of drug-likeness (QED) is 0.129. The lowest BCUT2D eigenvalue weighted by molar-refractivity contribution is -0.163. The number of nitrogens with zero attached hydrogens (tertiary/aromatic N) is 3. The number of fused-ring (bicyclic) bond motifs is 1. The second kappa shape index (κ2) is 19.1. The van der Waals surface area contributed by atoms with Crippen molar-refractivity contribution in [3.8, 4) is 0 Å². The molecule has 3 aliphatic heterocycles. The first-order valence-corrected chi connectivity index (χ1v) is 20.0. The zero-order chi connectivity index (χ0) is 40.6. The van der Waals surface area contributed by atoms with Crippen LogP contribution in [0.15, 0.2) is 79.9 Å². The first-order chi connectivity index (χ1) is 27.0. The van der Waals surface area contributed by atoms with Crippen molar-refractivity contribution in [3.05, 3.63) is 85.5 Å². The number of carbonyl (C=O) groups is 4. The molecule has 3 amide bonds. The predicted octanol–water partition coefficient (Wildman–Crippen LogP) is 5.22. The summed E-state index contributed by atoms with van der Waals surface area (Å²) in [7, 11) is 1.51. The van der Waals surface area contributed by atoms with Crippen molar-refractivity contribution >= 4 is 35.1 Å². The Morgan fingerprint density at radius 3 is 2.32 bits per heavy atom. The van der Waals surface area contributed by atoms with Crippen LogP contribution in [-0.4, -0.2) is 103 Å². The Labute approximate surface area is 331 Å². The average molecular weight is 773 g/mol. The molecular formula is C44H60N4O8. The van der Waals surface area contributed by atoms with E-state index in [9.17, 15) is 19.5 Å². The van der Waals surface area contributed by atoms with Gasteiger partial charge in [0.25, 0.3) is 5.91 Å². The molecule has 8 atom stereocenters. The number of aliphatic hydroxyl groups is 1. The lowest BCUT2D eigenvalue weighted by Crippen LogP contribution is -2.59. The molecule has 2 aromatic rings. The number of hydrogen-bond donors (Lipinski definition) is 2. The first kappa shape index (κ1) is 42.6. The van der Waals surface area contributed by atoms with Gasteiger partial charge in [-0.05, 0) is 75.3 Å². The van der Waals surface area contributed by atoms with Gasteiger partial charge in [0.1, 0.15) is 17.7 Å². The summed E-state index contributed by atoms with van der Waals surface area (Å²) in [6.07, 6.45) is 3.60. The van der Waals surface area contributed by atoms with Gasteiger partial charge < -0.3 is 39.3 Å². The van der Waals surface area contributed by atoms with Crippen LogP contribution < -0.4 is 15.1 Å². The van der Waals surface area contributed by atoms with Gasteiger partial charge in [-0.2, -0.15) is 0 Å². The number of carbonyl (C=O) groups excluding carboxylic acids is 4. The summed E-state index contributed by atoms with van der Waals surface area (Å²) >= 11 is 0. The smallest absolute Gasteiger partial charge is 0.313 e. The third-order valence-corrected chi connectivity index (χ3v) is 11.5. The molecule has 3 aliphatic rings. The molecule has 2 N–H and O–H groups in total. The molecule has 5 rings (SSSR count). The largest absolute Gasteiger partial charge is 0.455 e. The van der Waals surface area contributed by atoms with E-state index in [0.29, 0.717) is 36.9 Å². The number of esters is 1. The number of nitrogens with one attached hydrogen (secondary N) is 1. The Balaban J connectivity index is 1.53. The molecule has 1 spiro atoms. The van der Waals surface area contributed by atoms with Gasteiger partial charge in [0.15, 0.2) is 0 Å². The van der Waals surface area contributed by atoms with Crippen molar-refractivity contribution in [2.75, 3.05) is 49.8 Å². The molecule has 0 aliphatic carbocycles. The van der Waals surface area contributed by atoms with E-state index in [-0.39, 0.29) is 43.9 Å². The molecule has 2 aromatic carbocycles. The third-order valence-electron chi connectivity index (χ3n) is 11.5. The monoisotopic (exact) mass is 772 g/mol. The van der Waals surface area contributed by atoms with Crippen molar-refractivity contribution in [2.45, 2.75) is 95.7 Å². The Bertz CT molecular complexity index is 1680. The number of rotatable bonds is 21. The third kappa shape index (κ3) is 8.57. The molecule has 3 heterocycles. The number of anilines is 2. The molecule has 12 heteroatoms. The fraction of sp³-hybridized carbons (Fsp3) is 0.545. The summed E-state index contributed by atoms with van der Waals surface area (Å²) in [5, 5.41) is 13.8. The maximum atomic E-state index is 15.2. The van der Waals surface area contributed by atoms with Crippen LogP contribution >= 0.6 is 0 Å². The molecule has 3 fully saturated rings. The van der Waals surface area contributed by atoms with Gasteiger partial charge in [0.2, 0.25) is 11.8 Å². The number of allylic oxidation sites excluding steroid dienone is 1. The van der Waals surface area contributed by atoms with Crippen molar-refractivity contribution < 1.29 is 38.5 Å². The van der Waals surface area contributed by atoms with E-state index in [0.717, 1.165) is 18.8 Å². The molecule has 2 bridgehead atoms. The summed E-state index contributed by atoms with van der Waals surface area (Å²) in [5.74, 6) is -3.64. The SMILES string of the molecule is C=CCCC(=O)N[C@@H](COC)[C@@H](OC(=O)[C@@H]1[C@H]2C(=O)N([C@@H](CO)CC(C)C)[C@H](C(=O)N(CC=C)c3ccc(N(CC)CC)cc3)[C@]23CC[C@H]1O3)c1ccccc1. The molecule has 304 valence electrons. The van der Waals surface area contributed by atoms with Crippen LogP contribution in [0.4, 0.5) is 11.4 Å². The fourth-order valence-corrected chi connectivity index (χ4v) is 9.01. The number of likely N-dealkylation sites (tertiary alicyclic amines) is 1. The summed E-state index contributed by atoms with van der Waals surface area (Å²) in [4.78, 5) is 63.1. The fourth-order valence-electron chi connectivity index (χ4n) is 9.01. The summed E-state index contributed by atoms with van der Waals surface area (Å²) < 4.78 is 18.6. The van der Waals surface area contributed by atoms with Crippen molar-refractivity contribution in [1.29, 1.82) is 0 Å². The number of hydrogen-bond acceptors (Lipinski definition) is 9. The van der Waals surface area contributed by atoms with Gasteiger partial charge >= 0.3 is 5.97 Å². The Kier molecular flexibility index (Phi) is 14.5. The predicted molar refractivity (Wildman–Crippen MR) is 216 cm³/mol. The number of methoxy groups -OCH3 is 1. The highest BCUT2D eigenvalue weighted by Gasteiger charge is 2.75. The van der Waals surface area contributed by atoms with Crippen molar-refractivity contribution in [3.63, 3.8) is 0 Å². The average Bonchev–Trinajstić information content (AvgIpc) is 3.85. The minimum absolute atomic E-state index is 0.0519. The van der Waals surface area contributed by atoms with Gasteiger partial charge in [0, 0.05) is 44.5 Å². The number of aliphatic hydroxyl groups excluding tert-OH is 1. The van der Waals surface area contributed by atoms with Gasteiger partial charge in [-0.1, -0.05) is 56.3 Å². The lowest BCUT2D eigenvalue weighted by atomic mass is 9.70. The minimum atomic E-state index is -1.33. The second-order valence-corrected chi connectivity index (χ2v) is 15.4. The molecule has 56 heavy (non-hydrogen) atoms. The Morgan fingerprint density at radius 2 is 1.73 bits per heavy atom. The first-order valence-electron chi connectivity index (χ1n) is 20.0. The highest BCUT2D eigenvalue weighted by atomic mass is 16.6. The van der Waals surface area contributed by atoms with Crippen LogP contribution in [-0.2, 0) is 33.4 Å². The second-order valence-electron chi connectivity index (χ2n) is 15.4. The zero-order valence-electron chi connectivity index (χ0n) is 33.6. The van der Waals surface area contributed by atoms with E-state index in [1.807, 2.05) is 68.4 Å². The highest BCUT2D eigenvalue weighted by Crippen LogP contribution is 2.59. The van der Waals surface area contributed by atoms with Gasteiger partial charge in [0.05, 0.1) is 43.2 Å². The highest BCUT2D eigenvalue weighted by molar-refractivity contribution is 6.05. The molecular weight excluding hydrogens is 713 g/mol. The van der Waals surface area contributed by atoms with E-state index < -0.39 is 59.6 Å². The summed E-state index contributed by atoms with van der Waals surface area (Å²) in [6.45, 7) is 17.3. The molecule has 12 nitrogen and oxygen atoms in total. The van der Waals surface area contributed by atoms with Gasteiger partial charge in [-0.25, -0.2) is 0 Å². The van der Waals surface area contributed by atoms with Crippen LogP contribution in [0.1, 0.15) is 71.5 Å². The Morgan fingerprint density at radius 1 is 1.05 bits per heavy atom. The molecule has 3 saturated heterocycles. The number of benzene rings is 2. The van der Waals surface area contributed by atoms with Gasteiger partial charge in [-0.15, -0.1) is 13.2 Å². The van der Waals surface area contributed by atoms with E-state index in [1.54, 1.807) is 17.1 Å². The zero-order valence-corrected chi connectivity index (χ0v) is 33.6. The summed E-state index contributed by atoms with van der Waals surface area (Å²) in [5.41, 5.74) is 0.967. The maximum absolute atomic E-state index is 15.2. The topological polar surface area (TPSA) is 138 Å². The molecule has 0 radical (unpaired) electrons. The van der Waals surface area contributed by atoms with Crippen LogP contribution in [0.3, 0.4) is 0 Å². The molecule has 0 aromatic heterocycles. The van der Waals surface area contributed by atoms with E-state index >= 15 is 4.79 Å². The summed E-state index contributed by atoms with van der Waals surface area (Å²) in [6, 6.07) is 14.3. The maximum Gasteiger partial charge on any atom is 0.313 e. The van der Waals surface area contributed by atoms with E-state index in [2.05, 4.69) is 37.2 Å². The normalized spacial score (nSPS) is 24.0.